The van der Waals surface area contributed by atoms with Gasteiger partial charge in [-0.05, 0) is 80.6 Å². The molecule has 3 aromatic carbocycles. The minimum absolute atomic E-state index is 0.291. The standard InChI is InChI=1S/C26H27N3O2S.C19H20BrN3/c1-32(30,31)24-9-5-8-22(15-24)25-17-28-29-18-23(16-27-26(25)29)21-12-10-20(11-13-21)14-19-6-3-2-4-7-19;20-18-12-22-23-13-17(11-21-19(18)23)16-8-6-15(7-9-16)10-14-4-2-1-3-5-14/h5,8-13,15-19H,2-4,6-7,14H2,1H3;6-9,11-14H,1-5,10H2. The highest BCUT2D eigenvalue weighted by Crippen LogP contribution is 2.31. The fraction of sp³-hybridized carbons (Fsp3) is 0.333. The summed E-state index contributed by atoms with van der Waals surface area (Å²) >= 11 is 3.46. The van der Waals surface area contributed by atoms with Crippen molar-refractivity contribution < 1.29 is 8.42 Å². The normalized spacial score (nSPS) is 15.6. The van der Waals surface area contributed by atoms with Gasteiger partial charge >= 0.3 is 0 Å². The molecule has 0 N–H and O–H groups in total. The predicted octanol–water partition coefficient (Wildman–Crippen LogP) is 10.9. The van der Waals surface area contributed by atoms with Crippen molar-refractivity contribution in [3.63, 3.8) is 0 Å². The van der Waals surface area contributed by atoms with E-state index in [0.717, 1.165) is 49.8 Å². The molecule has 7 aromatic rings. The smallest absolute Gasteiger partial charge is 0.175 e. The van der Waals surface area contributed by atoms with Crippen LogP contribution in [0.2, 0.25) is 0 Å². The number of benzene rings is 3. The van der Waals surface area contributed by atoms with E-state index >= 15 is 0 Å². The highest BCUT2D eigenvalue weighted by molar-refractivity contribution is 9.10. The van der Waals surface area contributed by atoms with Crippen molar-refractivity contribution in [1.29, 1.82) is 0 Å². The first-order valence-electron chi connectivity index (χ1n) is 19.6. The van der Waals surface area contributed by atoms with Crippen LogP contribution in [0.4, 0.5) is 0 Å². The van der Waals surface area contributed by atoms with E-state index in [1.165, 1.54) is 100.0 Å². The molecule has 0 radical (unpaired) electrons. The number of rotatable bonds is 8. The lowest BCUT2D eigenvalue weighted by atomic mass is 9.85. The Bertz CT molecular complexity index is 2500. The number of hydrogen-bond acceptors (Lipinski definition) is 6. The van der Waals surface area contributed by atoms with E-state index in [0.29, 0.717) is 10.5 Å². The van der Waals surface area contributed by atoms with Crippen LogP contribution in [0.25, 0.3) is 44.7 Å². The minimum Gasteiger partial charge on any atom is -0.236 e. The maximum absolute atomic E-state index is 11.9. The summed E-state index contributed by atoms with van der Waals surface area (Å²) in [6.45, 7) is 0. The first kappa shape index (κ1) is 37.3. The molecule has 0 unspecified atom stereocenters. The molecule has 10 heteroatoms. The maximum Gasteiger partial charge on any atom is 0.175 e. The largest absolute Gasteiger partial charge is 0.236 e. The van der Waals surface area contributed by atoms with Crippen LogP contribution in [0, 0.1) is 11.8 Å². The van der Waals surface area contributed by atoms with Crippen molar-refractivity contribution in [1.82, 2.24) is 29.2 Å². The predicted molar refractivity (Wildman–Crippen MR) is 224 cm³/mol. The molecular formula is C45H47BrN6O2S. The van der Waals surface area contributed by atoms with E-state index in [2.05, 4.69) is 84.6 Å². The highest BCUT2D eigenvalue weighted by Gasteiger charge is 2.16. The Hall–Kier alpha value is -4.67. The van der Waals surface area contributed by atoms with Gasteiger partial charge in [0.15, 0.2) is 21.1 Å². The van der Waals surface area contributed by atoms with Crippen molar-refractivity contribution >= 4 is 37.1 Å². The average molecular weight is 816 g/mol. The third kappa shape index (κ3) is 8.92. The van der Waals surface area contributed by atoms with Gasteiger partial charge in [0.05, 0.1) is 21.8 Å². The molecule has 0 saturated heterocycles. The topological polar surface area (TPSA) is 94.5 Å². The second-order valence-corrected chi connectivity index (χ2v) is 18.3. The number of nitrogens with zero attached hydrogens (tertiary/aromatic N) is 6. The molecule has 2 aliphatic carbocycles. The van der Waals surface area contributed by atoms with E-state index in [9.17, 15) is 8.42 Å². The van der Waals surface area contributed by atoms with E-state index in [-0.39, 0.29) is 0 Å². The van der Waals surface area contributed by atoms with Crippen LogP contribution in [0.3, 0.4) is 0 Å². The van der Waals surface area contributed by atoms with E-state index in [1.807, 2.05) is 35.4 Å². The second-order valence-electron chi connectivity index (χ2n) is 15.4. The van der Waals surface area contributed by atoms with Crippen molar-refractivity contribution in [3.05, 3.63) is 126 Å². The Kier molecular flexibility index (Phi) is 11.2. The average Bonchev–Trinajstić information content (AvgIpc) is 3.82. The molecule has 0 atom stereocenters. The summed E-state index contributed by atoms with van der Waals surface area (Å²) in [5.74, 6) is 1.71. The molecule has 4 aromatic heterocycles. The third-order valence-corrected chi connectivity index (χ3v) is 13.0. The Morgan fingerprint density at radius 3 is 1.65 bits per heavy atom. The van der Waals surface area contributed by atoms with Crippen LogP contribution in [-0.4, -0.2) is 43.9 Å². The number of fused-ring (bicyclic) bond motifs is 2. The summed E-state index contributed by atoms with van der Waals surface area (Å²) in [6, 6.07) is 24.7. The summed E-state index contributed by atoms with van der Waals surface area (Å²) in [4.78, 5) is 9.43. The zero-order valence-corrected chi connectivity index (χ0v) is 33.7. The highest BCUT2D eigenvalue weighted by atomic mass is 79.9. The van der Waals surface area contributed by atoms with Crippen LogP contribution < -0.4 is 0 Å². The van der Waals surface area contributed by atoms with Crippen molar-refractivity contribution in [2.24, 2.45) is 11.8 Å². The molecule has 2 fully saturated rings. The number of sulfone groups is 1. The van der Waals surface area contributed by atoms with Crippen LogP contribution >= 0.6 is 15.9 Å². The van der Waals surface area contributed by atoms with Gasteiger partial charge in [-0.1, -0.05) is 125 Å². The summed E-state index contributed by atoms with van der Waals surface area (Å²) < 4.78 is 28.3. The van der Waals surface area contributed by atoms with Crippen molar-refractivity contribution in [2.75, 3.05) is 6.26 Å². The monoisotopic (exact) mass is 814 g/mol. The maximum atomic E-state index is 11.9. The molecule has 2 aliphatic rings. The van der Waals surface area contributed by atoms with E-state index in [1.54, 1.807) is 35.1 Å². The molecular weight excluding hydrogens is 769 g/mol. The zero-order valence-electron chi connectivity index (χ0n) is 31.3. The molecule has 4 heterocycles. The molecule has 0 bridgehead atoms. The molecule has 0 aliphatic heterocycles. The molecule has 2 saturated carbocycles. The third-order valence-electron chi connectivity index (χ3n) is 11.3. The fourth-order valence-corrected chi connectivity index (χ4v) is 9.27. The van der Waals surface area contributed by atoms with Crippen LogP contribution in [-0.2, 0) is 22.7 Å². The van der Waals surface area contributed by atoms with Crippen LogP contribution in [0.5, 0.6) is 0 Å². The quantitative estimate of drug-likeness (QED) is 0.152. The number of aromatic nitrogens is 6. The Morgan fingerprint density at radius 1 is 0.600 bits per heavy atom. The van der Waals surface area contributed by atoms with Crippen molar-refractivity contribution in [2.45, 2.75) is 81.9 Å². The van der Waals surface area contributed by atoms with Crippen molar-refractivity contribution in [3.8, 4) is 33.4 Å². The summed E-state index contributed by atoms with van der Waals surface area (Å²) in [5, 5.41) is 8.78. The Morgan fingerprint density at radius 2 is 1.11 bits per heavy atom. The Labute approximate surface area is 332 Å². The summed E-state index contributed by atoms with van der Waals surface area (Å²) in [7, 11) is -3.27. The lowest BCUT2D eigenvalue weighted by molar-refractivity contribution is 0.356. The second kappa shape index (κ2) is 16.6. The van der Waals surface area contributed by atoms with Gasteiger partial charge in [-0.25, -0.2) is 27.4 Å². The van der Waals surface area contributed by atoms with Crippen LogP contribution in [0.1, 0.15) is 75.3 Å². The molecule has 8 nitrogen and oxygen atoms in total. The number of halogens is 1. The summed E-state index contributed by atoms with van der Waals surface area (Å²) in [6.07, 6.45) is 28.8. The lowest BCUT2D eigenvalue weighted by Crippen LogP contribution is -2.09. The van der Waals surface area contributed by atoms with Gasteiger partial charge in [0, 0.05) is 47.7 Å². The van der Waals surface area contributed by atoms with Crippen LogP contribution in [0.15, 0.2) is 119 Å². The molecule has 0 spiro atoms. The van der Waals surface area contributed by atoms with Gasteiger partial charge in [-0.2, -0.15) is 10.2 Å². The van der Waals surface area contributed by atoms with Gasteiger partial charge in [0.1, 0.15) is 0 Å². The Balaban J connectivity index is 0.000000164. The first-order chi connectivity index (χ1) is 26.8. The van der Waals surface area contributed by atoms with Gasteiger partial charge in [0.2, 0.25) is 0 Å². The van der Waals surface area contributed by atoms with Gasteiger partial charge in [0.25, 0.3) is 0 Å². The van der Waals surface area contributed by atoms with Gasteiger partial charge in [-0.15, -0.1) is 0 Å². The summed E-state index contributed by atoms with van der Waals surface area (Å²) in [5.41, 5.74) is 10.4. The molecule has 282 valence electrons. The SMILES string of the molecule is Brc1cnn2cc(-c3ccc(CC4CCCCC4)cc3)cnc12.CS(=O)(=O)c1cccc(-c2cnn3cc(-c4ccc(CC5CCCCC5)cc4)cnc23)c1. The zero-order chi connectivity index (χ0) is 37.8. The first-order valence-corrected chi connectivity index (χ1v) is 22.3. The van der Waals surface area contributed by atoms with E-state index in [4.69, 9.17) is 0 Å². The minimum atomic E-state index is -3.27. The van der Waals surface area contributed by atoms with Gasteiger partial charge < -0.3 is 0 Å². The molecule has 9 rings (SSSR count). The fourth-order valence-electron chi connectivity index (χ4n) is 8.23. The van der Waals surface area contributed by atoms with Gasteiger partial charge in [-0.3, -0.25) is 0 Å². The lowest BCUT2D eigenvalue weighted by Gasteiger charge is -2.21. The number of hydrogen-bond donors (Lipinski definition) is 0. The molecule has 0 amide bonds. The molecule has 55 heavy (non-hydrogen) atoms. The van der Waals surface area contributed by atoms with E-state index < -0.39 is 9.84 Å².